The van der Waals surface area contributed by atoms with Crippen LogP contribution in [0.5, 0.6) is 5.75 Å². The number of rotatable bonds is 6. The minimum atomic E-state index is -5.06. The van der Waals surface area contributed by atoms with Crippen molar-refractivity contribution in [3.05, 3.63) is 58.7 Å². The zero-order valence-electron chi connectivity index (χ0n) is 21.2. The molecule has 2 aromatic rings. The molecule has 1 aliphatic heterocycles. The van der Waals surface area contributed by atoms with Crippen LogP contribution in [0.15, 0.2) is 36.4 Å². The number of methoxy groups -OCH3 is 1. The van der Waals surface area contributed by atoms with Crippen LogP contribution in [0.2, 0.25) is 0 Å². The van der Waals surface area contributed by atoms with Crippen LogP contribution in [-0.2, 0) is 21.9 Å². The second-order valence-electron chi connectivity index (χ2n) is 9.23. The largest absolute Gasteiger partial charge is 0.495 e. The van der Waals surface area contributed by atoms with Crippen LogP contribution in [0.25, 0.3) is 0 Å². The summed E-state index contributed by atoms with van der Waals surface area (Å²) < 4.78 is 91.6. The Morgan fingerprint density at radius 1 is 1.03 bits per heavy atom. The normalized spacial score (nSPS) is 17.0. The molecule has 2 aromatic carbocycles. The lowest BCUT2D eigenvalue weighted by molar-refractivity contribution is -0.143. The van der Waals surface area contributed by atoms with Crippen LogP contribution >= 0.6 is 0 Å². The lowest BCUT2D eigenvalue weighted by atomic mass is 9.94. The van der Waals surface area contributed by atoms with Gasteiger partial charge >= 0.3 is 18.4 Å². The predicted octanol–water partition coefficient (Wildman–Crippen LogP) is 6.84. The van der Waals surface area contributed by atoms with Crippen molar-refractivity contribution in [2.24, 2.45) is 0 Å². The van der Waals surface area contributed by atoms with E-state index in [0.717, 1.165) is 6.92 Å². The van der Waals surface area contributed by atoms with E-state index in [2.05, 4.69) is 5.32 Å². The number of hydrogen-bond donors (Lipinski definition) is 1. The highest BCUT2D eigenvalue weighted by Gasteiger charge is 2.39. The third kappa shape index (κ3) is 6.58. The molecule has 0 saturated carbocycles. The summed E-state index contributed by atoms with van der Waals surface area (Å²) in [5, 5.41) is 2.96. The third-order valence-electron chi connectivity index (χ3n) is 6.04. The highest BCUT2D eigenvalue weighted by atomic mass is 19.4. The van der Waals surface area contributed by atoms with E-state index in [1.165, 1.54) is 12.0 Å². The zero-order valence-corrected chi connectivity index (χ0v) is 21.2. The average molecular weight is 547 g/mol. The Morgan fingerprint density at radius 3 is 2.13 bits per heavy atom. The van der Waals surface area contributed by atoms with Crippen molar-refractivity contribution in [2.45, 2.75) is 64.2 Å². The molecule has 1 amide bonds. The number of carbonyl (C=O) groups is 2. The van der Waals surface area contributed by atoms with E-state index in [4.69, 9.17) is 9.47 Å². The number of ketones is 1. The summed E-state index contributed by atoms with van der Waals surface area (Å²) in [7, 11) is 1.40. The van der Waals surface area contributed by atoms with Crippen LogP contribution in [0.4, 0.5) is 36.8 Å². The van der Waals surface area contributed by atoms with Gasteiger partial charge in [0.25, 0.3) is 0 Å². The van der Waals surface area contributed by atoms with E-state index in [1.54, 1.807) is 32.0 Å². The van der Waals surface area contributed by atoms with Crippen LogP contribution in [-0.4, -0.2) is 31.6 Å². The van der Waals surface area contributed by atoms with Gasteiger partial charge in [0.05, 0.1) is 36.1 Å². The minimum Gasteiger partial charge on any atom is -0.495 e. The maximum absolute atomic E-state index is 13.5. The Labute approximate surface area is 215 Å². The number of alkyl halides is 6. The molecule has 1 heterocycles. The number of nitrogens with one attached hydrogen (secondary N) is 1. The summed E-state index contributed by atoms with van der Waals surface area (Å²) in [6.07, 6.45) is -10.5. The summed E-state index contributed by atoms with van der Waals surface area (Å²) in [6, 6.07) is 3.81. The number of benzene rings is 2. The maximum atomic E-state index is 13.5. The highest BCUT2D eigenvalue weighted by Crippen LogP contribution is 2.42. The molecule has 208 valence electrons. The summed E-state index contributed by atoms with van der Waals surface area (Å²) >= 11 is 0. The van der Waals surface area contributed by atoms with Crippen molar-refractivity contribution in [1.29, 1.82) is 0 Å². The second kappa shape index (κ2) is 11.2. The van der Waals surface area contributed by atoms with Gasteiger partial charge in [0.2, 0.25) is 0 Å². The Morgan fingerprint density at radius 2 is 1.63 bits per heavy atom. The quantitative estimate of drug-likeness (QED) is 0.402. The molecule has 0 radical (unpaired) electrons. The van der Waals surface area contributed by atoms with Gasteiger partial charge in [-0.05, 0) is 69.0 Å². The van der Waals surface area contributed by atoms with Crippen molar-refractivity contribution < 1.29 is 45.4 Å². The number of para-hydroxylation sites is 1. The van der Waals surface area contributed by atoms with Crippen LogP contribution in [0, 0.1) is 0 Å². The van der Waals surface area contributed by atoms with Gasteiger partial charge in [-0.2, -0.15) is 26.3 Å². The number of carbonyl (C=O) groups excluding carboxylic acids is 2. The molecule has 1 N–H and O–H groups in total. The van der Waals surface area contributed by atoms with E-state index in [1.807, 2.05) is 0 Å². The van der Waals surface area contributed by atoms with E-state index in [0.29, 0.717) is 42.0 Å². The first-order chi connectivity index (χ1) is 17.6. The summed E-state index contributed by atoms with van der Waals surface area (Å²) in [5.74, 6) is -0.364. The molecule has 3 rings (SSSR count). The Kier molecular flexibility index (Phi) is 8.65. The molecule has 2 unspecified atom stereocenters. The smallest absolute Gasteiger partial charge is 0.416 e. The summed E-state index contributed by atoms with van der Waals surface area (Å²) in [4.78, 5) is 26.9. The molecule has 2 atom stereocenters. The van der Waals surface area contributed by atoms with Gasteiger partial charge < -0.3 is 9.47 Å². The molecule has 0 saturated heterocycles. The number of Topliss-reactive ketones (excluding diaryl/α,β-unsaturated/α-hetero) is 1. The molecule has 0 aromatic heterocycles. The van der Waals surface area contributed by atoms with Crippen LogP contribution in [0.3, 0.4) is 0 Å². The molecule has 0 aliphatic carbocycles. The maximum Gasteiger partial charge on any atom is 0.416 e. The van der Waals surface area contributed by atoms with Gasteiger partial charge in [-0.15, -0.1) is 0 Å². The summed E-state index contributed by atoms with van der Waals surface area (Å²) in [6.45, 7) is 4.67. The first-order valence-corrected chi connectivity index (χ1v) is 11.8. The fraction of sp³-hybridized carbons (Fsp3) is 0.462. The SMILES string of the molecule is COc1cccc2c1N(C(=O)OC(C)C)CCCC2NC(C(C)=O)c1cc(C(F)(F)F)cc(C(F)(F)F)c1. The molecular formula is C26H28F6N2O4. The van der Waals surface area contributed by atoms with Gasteiger partial charge in [0, 0.05) is 12.6 Å². The molecule has 0 spiro atoms. The molecule has 12 heteroatoms. The van der Waals surface area contributed by atoms with Crippen molar-refractivity contribution in [2.75, 3.05) is 18.6 Å². The van der Waals surface area contributed by atoms with Crippen molar-refractivity contribution >= 4 is 17.6 Å². The van der Waals surface area contributed by atoms with Gasteiger partial charge in [-0.3, -0.25) is 15.0 Å². The first kappa shape index (κ1) is 29.3. The van der Waals surface area contributed by atoms with E-state index >= 15 is 0 Å². The Hall–Kier alpha value is -3.28. The first-order valence-electron chi connectivity index (χ1n) is 11.8. The molecule has 0 fully saturated rings. The zero-order chi connectivity index (χ0) is 28.4. The Bertz CT molecular complexity index is 1150. The number of fused-ring (bicyclic) bond motifs is 1. The monoisotopic (exact) mass is 546 g/mol. The average Bonchev–Trinajstić information content (AvgIpc) is 3.00. The molecule has 6 nitrogen and oxygen atoms in total. The number of halogens is 6. The Balaban J connectivity index is 2.10. The molecule has 0 bridgehead atoms. The van der Waals surface area contributed by atoms with Crippen LogP contribution in [0.1, 0.15) is 68.0 Å². The van der Waals surface area contributed by atoms with Crippen molar-refractivity contribution in [1.82, 2.24) is 5.32 Å². The third-order valence-corrected chi connectivity index (χ3v) is 6.04. The number of amides is 1. The minimum absolute atomic E-state index is 0.0186. The van der Waals surface area contributed by atoms with Crippen LogP contribution < -0.4 is 15.0 Å². The molecular weight excluding hydrogens is 518 g/mol. The number of nitrogens with zero attached hydrogens (tertiary/aromatic N) is 1. The van der Waals surface area contributed by atoms with Gasteiger partial charge in [0.15, 0.2) is 5.78 Å². The second-order valence-corrected chi connectivity index (χ2v) is 9.23. The number of anilines is 1. The lowest BCUT2D eigenvalue weighted by Gasteiger charge is -2.28. The van der Waals surface area contributed by atoms with Gasteiger partial charge in [-0.1, -0.05) is 12.1 Å². The predicted molar refractivity (Wildman–Crippen MR) is 127 cm³/mol. The molecule has 1 aliphatic rings. The van der Waals surface area contributed by atoms with E-state index in [9.17, 15) is 35.9 Å². The van der Waals surface area contributed by atoms with Gasteiger partial charge in [-0.25, -0.2) is 4.79 Å². The van der Waals surface area contributed by atoms with Gasteiger partial charge in [0.1, 0.15) is 5.75 Å². The number of ether oxygens (including phenoxy) is 2. The fourth-order valence-electron chi connectivity index (χ4n) is 4.41. The van der Waals surface area contributed by atoms with E-state index in [-0.39, 0.29) is 12.6 Å². The van der Waals surface area contributed by atoms with Crippen molar-refractivity contribution in [3.63, 3.8) is 0 Å². The van der Waals surface area contributed by atoms with E-state index < -0.39 is 59.1 Å². The number of hydrogen-bond acceptors (Lipinski definition) is 5. The summed E-state index contributed by atoms with van der Waals surface area (Å²) in [5.41, 5.74) is -2.67. The van der Waals surface area contributed by atoms with Crippen molar-refractivity contribution in [3.8, 4) is 5.75 Å². The molecule has 38 heavy (non-hydrogen) atoms. The lowest BCUT2D eigenvalue weighted by Crippen LogP contribution is -2.34. The highest BCUT2D eigenvalue weighted by molar-refractivity contribution is 5.91. The standard InChI is InChI=1S/C26H28F6N2O4/c1-14(2)38-24(36)34-10-6-8-20(19-7-5-9-21(37-4)23(19)34)33-22(15(3)35)16-11-17(25(27,28)29)13-18(12-16)26(30,31)32/h5,7,9,11-14,20,22,33H,6,8,10H2,1-4H3. The topological polar surface area (TPSA) is 67.9 Å². The fourth-order valence-corrected chi connectivity index (χ4v) is 4.41.